The lowest BCUT2D eigenvalue weighted by Gasteiger charge is -2.21. The Bertz CT molecular complexity index is 1040. The number of carbonyl (C=O) groups is 1. The van der Waals surface area contributed by atoms with Gasteiger partial charge in [0.1, 0.15) is 16.9 Å². The molecule has 10 heteroatoms. The summed E-state index contributed by atoms with van der Waals surface area (Å²) in [6, 6.07) is 1.46. The Kier molecular flexibility index (Phi) is 5.59. The first-order valence-electron chi connectivity index (χ1n) is 8.29. The van der Waals surface area contributed by atoms with Crippen LogP contribution in [0.2, 0.25) is 0 Å². The van der Waals surface area contributed by atoms with Crippen molar-refractivity contribution in [3.63, 3.8) is 0 Å². The molecular formula is C18H15BrF3N3O3. The zero-order valence-electron chi connectivity index (χ0n) is 14.6. The lowest BCUT2D eigenvalue weighted by molar-refractivity contribution is -0.141. The van der Waals surface area contributed by atoms with Gasteiger partial charge in [0.2, 0.25) is 5.43 Å². The quantitative estimate of drug-likeness (QED) is 0.562. The van der Waals surface area contributed by atoms with Crippen LogP contribution in [0.25, 0.3) is 11.0 Å². The predicted octanol–water partition coefficient (Wildman–Crippen LogP) is 3.36. The van der Waals surface area contributed by atoms with E-state index in [4.69, 9.17) is 4.74 Å². The minimum absolute atomic E-state index is 0.0617. The van der Waals surface area contributed by atoms with Crippen LogP contribution in [0, 0.1) is 0 Å². The van der Waals surface area contributed by atoms with Crippen LogP contribution in [0.5, 0.6) is 0 Å². The number of ether oxygens (including phenoxy) is 1. The van der Waals surface area contributed by atoms with E-state index in [-0.39, 0.29) is 35.8 Å². The number of dihydropyridines is 1. The lowest BCUT2D eigenvalue weighted by Crippen LogP contribution is -2.32. The molecule has 2 aromatic rings. The second-order valence-electron chi connectivity index (χ2n) is 5.96. The Morgan fingerprint density at radius 2 is 2.14 bits per heavy atom. The fourth-order valence-electron chi connectivity index (χ4n) is 2.78. The van der Waals surface area contributed by atoms with Gasteiger partial charge >= 0.3 is 12.1 Å². The highest BCUT2D eigenvalue weighted by Crippen LogP contribution is 2.28. The normalized spacial score (nSPS) is 16.6. The molecule has 0 bridgehead atoms. The summed E-state index contributed by atoms with van der Waals surface area (Å²) in [6.07, 6.45) is 1.87. The molecule has 28 heavy (non-hydrogen) atoms. The van der Waals surface area contributed by atoms with E-state index < -0.39 is 23.3 Å². The second kappa shape index (κ2) is 7.78. The number of nitrogens with one attached hydrogen (secondary N) is 1. The Morgan fingerprint density at radius 3 is 2.79 bits per heavy atom. The van der Waals surface area contributed by atoms with Crippen molar-refractivity contribution in [2.45, 2.75) is 25.7 Å². The van der Waals surface area contributed by atoms with Crippen molar-refractivity contribution in [2.24, 2.45) is 0 Å². The molecule has 6 nitrogen and oxygen atoms in total. The largest absolute Gasteiger partial charge is 0.462 e. The highest BCUT2D eigenvalue weighted by Gasteiger charge is 2.33. The molecule has 0 aromatic carbocycles. The van der Waals surface area contributed by atoms with Crippen molar-refractivity contribution in [1.82, 2.24) is 14.9 Å². The highest BCUT2D eigenvalue weighted by atomic mass is 79.9. The predicted molar refractivity (Wildman–Crippen MR) is 100 cm³/mol. The lowest BCUT2D eigenvalue weighted by atomic mass is 10.1. The van der Waals surface area contributed by atoms with E-state index in [2.05, 4.69) is 26.2 Å². The minimum Gasteiger partial charge on any atom is -0.462 e. The zero-order valence-corrected chi connectivity index (χ0v) is 16.2. The summed E-state index contributed by atoms with van der Waals surface area (Å²) in [6.45, 7) is 1.79. The van der Waals surface area contributed by atoms with Gasteiger partial charge in [0, 0.05) is 12.7 Å². The summed E-state index contributed by atoms with van der Waals surface area (Å²) >= 11 is 3.30. The average molecular weight is 458 g/mol. The molecule has 0 amide bonds. The molecule has 1 aliphatic rings. The first-order chi connectivity index (χ1) is 13.2. The topological polar surface area (TPSA) is 73.2 Å². The number of hydrogen-bond acceptors (Lipinski definition) is 5. The summed E-state index contributed by atoms with van der Waals surface area (Å²) in [5, 5.41) is 3.00. The van der Waals surface area contributed by atoms with E-state index in [0.717, 1.165) is 12.1 Å². The third kappa shape index (κ3) is 4.11. The van der Waals surface area contributed by atoms with Crippen LogP contribution < -0.4 is 10.7 Å². The molecule has 0 aliphatic carbocycles. The number of fused-ring (bicyclic) bond motifs is 1. The molecule has 1 atom stereocenters. The van der Waals surface area contributed by atoms with Gasteiger partial charge < -0.3 is 14.6 Å². The van der Waals surface area contributed by atoms with Gasteiger partial charge in [-0.1, -0.05) is 12.2 Å². The van der Waals surface area contributed by atoms with Crippen LogP contribution in [0.3, 0.4) is 0 Å². The zero-order chi connectivity index (χ0) is 20.5. The summed E-state index contributed by atoms with van der Waals surface area (Å²) in [5.41, 5.74) is -2.26. The standard InChI is InChI=1S/C18H15BrF3N3O3/c1-2-28-17(27)12-9-25(8-10-4-3-5-14(19)23-10)16-11(15(12)26)6-7-13(24-16)18(20,21)22/h3-7,9-10,23H,2,8H2,1H3. The highest BCUT2D eigenvalue weighted by molar-refractivity contribution is 9.11. The van der Waals surface area contributed by atoms with Crippen LogP contribution in [0.15, 0.2) is 46.0 Å². The van der Waals surface area contributed by atoms with Gasteiger partial charge in [-0.15, -0.1) is 0 Å². The van der Waals surface area contributed by atoms with Gasteiger partial charge in [-0.2, -0.15) is 13.2 Å². The molecule has 0 radical (unpaired) electrons. The SMILES string of the molecule is CCOC(=O)c1cn(CC2C=CC=C(Br)N2)c2nc(C(F)(F)F)ccc2c1=O. The summed E-state index contributed by atoms with van der Waals surface area (Å²) < 4.78 is 46.3. The average Bonchev–Trinajstić information content (AvgIpc) is 2.63. The molecule has 3 heterocycles. The molecule has 0 fully saturated rings. The molecule has 1 aliphatic heterocycles. The number of aromatic nitrogens is 2. The third-order valence-corrected chi connectivity index (χ3v) is 4.50. The minimum atomic E-state index is -4.66. The maximum absolute atomic E-state index is 13.1. The van der Waals surface area contributed by atoms with E-state index in [9.17, 15) is 22.8 Å². The van der Waals surface area contributed by atoms with Crippen molar-refractivity contribution >= 4 is 32.9 Å². The molecule has 0 spiro atoms. The fraction of sp³-hybridized carbons (Fsp3) is 0.278. The Balaban J connectivity index is 2.17. The third-order valence-electron chi connectivity index (χ3n) is 4.01. The molecule has 148 valence electrons. The number of allylic oxidation sites excluding steroid dienone is 2. The molecule has 1 N–H and O–H groups in total. The number of rotatable bonds is 4. The van der Waals surface area contributed by atoms with Crippen LogP contribution in [0.4, 0.5) is 13.2 Å². The van der Waals surface area contributed by atoms with Crippen molar-refractivity contribution < 1.29 is 22.7 Å². The van der Waals surface area contributed by atoms with Gasteiger partial charge in [0.15, 0.2) is 0 Å². The summed E-state index contributed by atoms with van der Waals surface area (Å²) in [7, 11) is 0. The number of esters is 1. The maximum atomic E-state index is 13.1. The number of halogens is 4. The second-order valence-corrected chi connectivity index (χ2v) is 6.81. The van der Waals surface area contributed by atoms with E-state index in [1.165, 1.54) is 10.8 Å². The molecule has 1 unspecified atom stereocenters. The molecular weight excluding hydrogens is 443 g/mol. The number of hydrogen-bond donors (Lipinski definition) is 1. The monoisotopic (exact) mass is 457 g/mol. The first-order valence-corrected chi connectivity index (χ1v) is 9.09. The van der Waals surface area contributed by atoms with E-state index in [0.29, 0.717) is 4.61 Å². The van der Waals surface area contributed by atoms with Crippen LogP contribution in [-0.4, -0.2) is 28.2 Å². The number of nitrogens with zero attached hydrogens (tertiary/aromatic N) is 2. The van der Waals surface area contributed by atoms with Gasteiger partial charge in [0.25, 0.3) is 0 Å². The number of pyridine rings is 2. The molecule has 2 aromatic heterocycles. The summed E-state index contributed by atoms with van der Waals surface area (Å²) in [5.74, 6) is -0.837. The number of alkyl halides is 3. The van der Waals surface area contributed by atoms with E-state index >= 15 is 0 Å². The molecule has 0 saturated carbocycles. The van der Waals surface area contributed by atoms with Crippen molar-refractivity contribution in [3.05, 3.63) is 62.6 Å². The first kappa shape index (κ1) is 20.1. The fourth-order valence-corrected chi connectivity index (χ4v) is 3.23. The smallest absolute Gasteiger partial charge is 0.433 e. The number of carbonyl (C=O) groups excluding carboxylic acids is 1. The Hall–Kier alpha value is -2.62. The van der Waals surface area contributed by atoms with Crippen molar-refractivity contribution in [1.29, 1.82) is 0 Å². The van der Waals surface area contributed by atoms with Crippen molar-refractivity contribution in [2.75, 3.05) is 6.61 Å². The van der Waals surface area contributed by atoms with Gasteiger partial charge in [0.05, 0.1) is 22.6 Å². The van der Waals surface area contributed by atoms with Crippen LogP contribution in [-0.2, 0) is 17.5 Å². The van der Waals surface area contributed by atoms with Gasteiger partial charge in [-0.05, 0) is 41.1 Å². The van der Waals surface area contributed by atoms with Crippen molar-refractivity contribution in [3.8, 4) is 0 Å². The molecule has 3 rings (SSSR count). The van der Waals surface area contributed by atoms with E-state index in [1.807, 2.05) is 0 Å². The Morgan fingerprint density at radius 1 is 1.39 bits per heavy atom. The van der Waals surface area contributed by atoms with Crippen LogP contribution in [0.1, 0.15) is 23.0 Å². The maximum Gasteiger partial charge on any atom is 0.433 e. The molecule has 0 saturated heterocycles. The van der Waals surface area contributed by atoms with E-state index in [1.54, 1.807) is 25.2 Å². The van der Waals surface area contributed by atoms with Gasteiger partial charge in [-0.3, -0.25) is 4.79 Å². The van der Waals surface area contributed by atoms with Gasteiger partial charge in [-0.25, -0.2) is 9.78 Å². The Labute approximate surface area is 165 Å². The van der Waals surface area contributed by atoms with Crippen LogP contribution >= 0.6 is 15.9 Å². The summed E-state index contributed by atoms with van der Waals surface area (Å²) in [4.78, 5) is 28.4.